The number of carbonyl (C=O) groups is 2. The predicted molar refractivity (Wildman–Crippen MR) is 84.7 cm³/mol. The Hall–Kier alpha value is -2.25. The van der Waals surface area contributed by atoms with Crippen molar-refractivity contribution in [3.05, 3.63) is 24.3 Å². The van der Waals surface area contributed by atoms with Crippen molar-refractivity contribution in [3.8, 4) is 0 Å². The summed E-state index contributed by atoms with van der Waals surface area (Å²) in [6.45, 7) is 1.87. The number of halogens is 3. The molecule has 0 radical (unpaired) electrons. The van der Waals surface area contributed by atoms with Crippen molar-refractivity contribution < 1.29 is 22.8 Å². The van der Waals surface area contributed by atoms with E-state index in [-0.39, 0.29) is 31.8 Å². The minimum atomic E-state index is -4.20. The van der Waals surface area contributed by atoms with Crippen LogP contribution in [0, 0.1) is 5.92 Å². The maximum atomic E-state index is 12.6. The van der Waals surface area contributed by atoms with Gasteiger partial charge in [-0.05, 0) is 31.0 Å². The number of anilines is 2. The van der Waals surface area contributed by atoms with Crippen molar-refractivity contribution in [2.75, 3.05) is 23.7 Å². The lowest BCUT2D eigenvalue weighted by Crippen LogP contribution is -2.43. The number of alkyl halides is 3. The number of carbonyl (C=O) groups excluding carboxylic acids is 2. The van der Waals surface area contributed by atoms with E-state index < -0.39 is 18.1 Å². The van der Waals surface area contributed by atoms with E-state index in [1.807, 2.05) is 0 Å². The van der Waals surface area contributed by atoms with Crippen molar-refractivity contribution in [1.29, 1.82) is 0 Å². The van der Waals surface area contributed by atoms with E-state index in [1.54, 1.807) is 31.2 Å². The number of urea groups is 1. The molecule has 1 aromatic rings. The van der Waals surface area contributed by atoms with Crippen molar-refractivity contribution in [3.63, 3.8) is 0 Å². The van der Waals surface area contributed by atoms with Crippen molar-refractivity contribution >= 4 is 23.3 Å². The van der Waals surface area contributed by atoms with Gasteiger partial charge >= 0.3 is 12.2 Å². The standard InChI is InChI=1S/C16H20F3N3O2/c1-2-14(23)20-12-4-3-5-13(10-12)21-15(24)22-8-6-11(7-9-22)16(17,18)19/h3-5,10-11H,2,6-9H2,1H3,(H,20,23)(H,21,24). The molecule has 0 saturated carbocycles. The molecule has 2 rings (SSSR count). The van der Waals surface area contributed by atoms with Gasteiger partial charge in [-0.15, -0.1) is 0 Å². The molecule has 0 atom stereocenters. The van der Waals surface area contributed by atoms with Gasteiger partial charge in [0.1, 0.15) is 0 Å². The van der Waals surface area contributed by atoms with Crippen LogP contribution in [0.2, 0.25) is 0 Å². The van der Waals surface area contributed by atoms with Gasteiger partial charge in [-0.1, -0.05) is 13.0 Å². The molecule has 1 heterocycles. The molecule has 3 amide bonds. The summed E-state index contributed by atoms with van der Waals surface area (Å²) in [5.41, 5.74) is 1.03. The fourth-order valence-electron chi connectivity index (χ4n) is 2.54. The molecule has 24 heavy (non-hydrogen) atoms. The van der Waals surface area contributed by atoms with Crippen molar-refractivity contribution in [1.82, 2.24) is 4.90 Å². The van der Waals surface area contributed by atoms with Gasteiger partial charge in [-0.25, -0.2) is 4.79 Å². The maximum absolute atomic E-state index is 12.6. The van der Waals surface area contributed by atoms with Crippen LogP contribution >= 0.6 is 0 Å². The topological polar surface area (TPSA) is 61.4 Å². The molecule has 0 unspecified atom stereocenters. The smallest absolute Gasteiger partial charge is 0.326 e. The van der Waals surface area contributed by atoms with Crippen LogP contribution in [0.1, 0.15) is 26.2 Å². The summed E-state index contributed by atoms with van der Waals surface area (Å²) < 4.78 is 37.9. The fraction of sp³-hybridized carbons (Fsp3) is 0.500. The Morgan fingerprint density at radius 2 is 1.75 bits per heavy atom. The first-order chi connectivity index (χ1) is 11.3. The van der Waals surface area contributed by atoms with Gasteiger partial charge in [-0.2, -0.15) is 13.2 Å². The highest BCUT2D eigenvalue weighted by Crippen LogP contribution is 2.34. The van der Waals surface area contributed by atoms with Crippen LogP contribution in [-0.4, -0.2) is 36.1 Å². The largest absolute Gasteiger partial charge is 0.391 e. The Bertz CT molecular complexity index is 596. The molecule has 0 bridgehead atoms. The normalized spacial score (nSPS) is 15.9. The third kappa shape index (κ3) is 4.87. The summed E-state index contributed by atoms with van der Waals surface area (Å²) in [6.07, 6.45) is -4.02. The molecule has 1 aliphatic rings. The minimum absolute atomic E-state index is 0.0717. The molecule has 1 aromatic carbocycles. The zero-order chi connectivity index (χ0) is 17.7. The molecule has 1 fully saturated rings. The molecule has 132 valence electrons. The van der Waals surface area contributed by atoms with Crippen LogP contribution in [0.25, 0.3) is 0 Å². The van der Waals surface area contributed by atoms with Gasteiger partial charge in [0.05, 0.1) is 5.92 Å². The first kappa shape index (κ1) is 18.1. The number of rotatable bonds is 3. The second kappa shape index (κ2) is 7.55. The molecule has 0 aromatic heterocycles. The van der Waals surface area contributed by atoms with Crippen molar-refractivity contribution in [2.45, 2.75) is 32.4 Å². The van der Waals surface area contributed by atoms with Gasteiger partial charge in [0.25, 0.3) is 0 Å². The Morgan fingerprint density at radius 3 is 2.29 bits per heavy atom. The van der Waals surface area contributed by atoms with Crippen LogP contribution in [0.5, 0.6) is 0 Å². The van der Waals surface area contributed by atoms with Crippen LogP contribution in [0.4, 0.5) is 29.3 Å². The second-order valence-electron chi connectivity index (χ2n) is 5.72. The highest BCUT2D eigenvalue weighted by molar-refractivity contribution is 5.93. The lowest BCUT2D eigenvalue weighted by molar-refractivity contribution is -0.183. The first-order valence-electron chi connectivity index (χ1n) is 7.82. The zero-order valence-electron chi connectivity index (χ0n) is 13.3. The molecule has 1 saturated heterocycles. The van der Waals surface area contributed by atoms with E-state index in [1.165, 1.54) is 4.90 Å². The quantitative estimate of drug-likeness (QED) is 0.876. The van der Waals surface area contributed by atoms with Gasteiger partial charge in [0, 0.05) is 30.9 Å². The monoisotopic (exact) mass is 343 g/mol. The van der Waals surface area contributed by atoms with E-state index in [2.05, 4.69) is 10.6 Å². The molecule has 8 heteroatoms. The summed E-state index contributed by atoms with van der Waals surface area (Å²) in [5, 5.41) is 5.33. The van der Waals surface area contributed by atoms with Crippen LogP contribution in [-0.2, 0) is 4.79 Å². The third-order valence-electron chi connectivity index (χ3n) is 3.96. The molecular weight excluding hydrogens is 323 g/mol. The highest BCUT2D eigenvalue weighted by Gasteiger charge is 2.41. The minimum Gasteiger partial charge on any atom is -0.326 e. The van der Waals surface area contributed by atoms with Gasteiger partial charge in [-0.3, -0.25) is 4.79 Å². The Morgan fingerprint density at radius 1 is 1.17 bits per heavy atom. The summed E-state index contributed by atoms with van der Waals surface area (Å²) in [6, 6.07) is 6.19. The summed E-state index contributed by atoms with van der Waals surface area (Å²) in [5.74, 6) is -1.48. The average molecular weight is 343 g/mol. The number of amides is 3. The number of benzene rings is 1. The van der Waals surface area contributed by atoms with Crippen molar-refractivity contribution in [2.24, 2.45) is 5.92 Å². The SMILES string of the molecule is CCC(=O)Nc1cccc(NC(=O)N2CCC(C(F)(F)F)CC2)c1. The number of nitrogens with one attached hydrogen (secondary N) is 2. The number of hydrogen-bond donors (Lipinski definition) is 2. The Labute approximate surface area is 138 Å². The van der Waals surface area contributed by atoms with E-state index in [0.717, 1.165) is 0 Å². The first-order valence-corrected chi connectivity index (χ1v) is 7.82. The highest BCUT2D eigenvalue weighted by atomic mass is 19.4. The molecule has 1 aliphatic heterocycles. The molecule has 2 N–H and O–H groups in total. The summed E-state index contributed by atoms with van der Waals surface area (Å²) >= 11 is 0. The fourth-order valence-corrected chi connectivity index (χ4v) is 2.54. The zero-order valence-corrected chi connectivity index (χ0v) is 13.3. The summed E-state index contributed by atoms with van der Waals surface area (Å²) in [4.78, 5) is 24.9. The Balaban J connectivity index is 1.91. The Kier molecular flexibility index (Phi) is 5.69. The van der Waals surface area contributed by atoms with Gasteiger partial charge < -0.3 is 15.5 Å². The van der Waals surface area contributed by atoms with Gasteiger partial charge in [0.15, 0.2) is 0 Å². The predicted octanol–water partition coefficient (Wildman–Crippen LogP) is 3.84. The number of nitrogens with zero attached hydrogens (tertiary/aromatic N) is 1. The molecule has 0 aliphatic carbocycles. The second-order valence-corrected chi connectivity index (χ2v) is 5.72. The third-order valence-corrected chi connectivity index (χ3v) is 3.96. The number of hydrogen-bond acceptors (Lipinski definition) is 2. The van der Waals surface area contributed by atoms with E-state index in [0.29, 0.717) is 17.8 Å². The maximum Gasteiger partial charge on any atom is 0.391 e. The van der Waals surface area contributed by atoms with E-state index in [4.69, 9.17) is 0 Å². The van der Waals surface area contributed by atoms with E-state index in [9.17, 15) is 22.8 Å². The van der Waals surface area contributed by atoms with Crippen LogP contribution in [0.15, 0.2) is 24.3 Å². The van der Waals surface area contributed by atoms with Crippen LogP contribution in [0.3, 0.4) is 0 Å². The molecule has 0 spiro atoms. The van der Waals surface area contributed by atoms with Gasteiger partial charge in [0.2, 0.25) is 5.91 Å². The van der Waals surface area contributed by atoms with E-state index >= 15 is 0 Å². The lowest BCUT2D eigenvalue weighted by Gasteiger charge is -2.32. The summed E-state index contributed by atoms with van der Waals surface area (Å²) in [7, 11) is 0. The number of likely N-dealkylation sites (tertiary alicyclic amines) is 1. The average Bonchev–Trinajstić information content (AvgIpc) is 2.54. The lowest BCUT2D eigenvalue weighted by atomic mass is 9.96. The number of piperidine rings is 1. The molecule has 5 nitrogen and oxygen atoms in total. The molecular formula is C16H20F3N3O2. The van der Waals surface area contributed by atoms with Crippen LogP contribution < -0.4 is 10.6 Å².